The van der Waals surface area contributed by atoms with Crippen molar-refractivity contribution >= 4 is 7.85 Å². The number of aliphatic hydroxyl groups excluding tert-OH is 1. The lowest BCUT2D eigenvalue weighted by Gasteiger charge is -2.23. The highest BCUT2D eigenvalue weighted by atomic mass is 16.8. The Hall–Kier alpha value is -0.315. The van der Waals surface area contributed by atoms with Gasteiger partial charge in [-0.05, 0) is 19.4 Å². The van der Waals surface area contributed by atoms with E-state index in [9.17, 15) is 5.11 Å². The largest absolute Gasteiger partial charge is 0.386 e. The van der Waals surface area contributed by atoms with Crippen LogP contribution in [0, 0.1) is 5.92 Å². The average Bonchev–Trinajstić information content (AvgIpc) is 2.50. The Morgan fingerprint density at radius 3 is 2.57 bits per heavy atom. The van der Waals surface area contributed by atoms with Gasteiger partial charge in [0.15, 0.2) is 5.79 Å². The van der Waals surface area contributed by atoms with Crippen LogP contribution in [-0.4, -0.2) is 37.1 Å². The number of rotatable bonds is 1. The Labute approximate surface area is 85.5 Å². The standard InChI is InChI=1S/C10H15BO3/c1-5-6(4-11)8-9(7(5)12)14-10(2,3)13-8/h6-9,12H,1,4H2,2-3H3/t6-,7-,8?,9?/m0/s1. The highest BCUT2D eigenvalue weighted by Crippen LogP contribution is 2.44. The molecule has 2 radical (unpaired) electrons. The van der Waals surface area contributed by atoms with Gasteiger partial charge in [0, 0.05) is 5.92 Å². The third-order valence-corrected chi connectivity index (χ3v) is 2.98. The van der Waals surface area contributed by atoms with Crippen LogP contribution in [0.4, 0.5) is 0 Å². The number of hydrogen-bond donors (Lipinski definition) is 1. The first-order chi connectivity index (χ1) is 6.46. The molecule has 2 unspecified atom stereocenters. The van der Waals surface area contributed by atoms with Gasteiger partial charge in [-0.25, -0.2) is 0 Å². The smallest absolute Gasteiger partial charge is 0.163 e. The van der Waals surface area contributed by atoms with Crippen LogP contribution in [-0.2, 0) is 9.47 Å². The van der Waals surface area contributed by atoms with E-state index in [1.54, 1.807) is 0 Å². The van der Waals surface area contributed by atoms with Crippen molar-refractivity contribution in [3.8, 4) is 0 Å². The maximum atomic E-state index is 9.84. The monoisotopic (exact) mass is 194 g/mol. The van der Waals surface area contributed by atoms with Crippen LogP contribution in [0.3, 0.4) is 0 Å². The van der Waals surface area contributed by atoms with E-state index in [1.165, 1.54) is 0 Å². The Balaban J connectivity index is 2.23. The SMILES string of the molecule is [B]C[C@H]1C(=C)[C@H](O)C2OC(C)(C)OC21. The van der Waals surface area contributed by atoms with Gasteiger partial charge < -0.3 is 14.6 Å². The summed E-state index contributed by atoms with van der Waals surface area (Å²) >= 11 is 0. The summed E-state index contributed by atoms with van der Waals surface area (Å²) in [6.45, 7) is 7.51. The summed E-state index contributed by atoms with van der Waals surface area (Å²) in [7, 11) is 5.62. The molecule has 0 amide bonds. The zero-order chi connectivity index (χ0) is 10.5. The van der Waals surface area contributed by atoms with Crippen molar-refractivity contribution in [3.63, 3.8) is 0 Å². The summed E-state index contributed by atoms with van der Waals surface area (Å²) in [4.78, 5) is 0. The van der Waals surface area contributed by atoms with Gasteiger partial charge >= 0.3 is 0 Å². The highest BCUT2D eigenvalue weighted by Gasteiger charge is 2.54. The van der Waals surface area contributed by atoms with E-state index < -0.39 is 11.9 Å². The second-order valence-corrected chi connectivity index (χ2v) is 4.43. The topological polar surface area (TPSA) is 38.7 Å². The lowest BCUT2D eigenvalue weighted by Crippen LogP contribution is -2.28. The summed E-state index contributed by atoms with van der Waals surface area (Å²) in [6.07, 6.45) is -0.643. The molecule has 4 heteroatoms. The second kappa shape index (κ2) is 3.09. The second-order valence-electron chi connectivity index (χ2n) is 4.43. The highest BCUT2D eigenvalue weighted by molar-refractivity contribution is 6.08. The van der Waals surface area contributed by atoms with Crippen molar-refractivity contribution in [1.82, 2.24) is 0 Å². The molecule has 76 valence electrons. The van der Waals surface area contributed by atoms with E-state index >= 15 is 0 Å². The number of ether oxygens (including phenoxy) is 2. The number of hydrogen-bond acceptors (Lipinski definition) is 3. The van der Waals surface area contributed by atoms with E-state index in [1.807, 2.05) is 13.8 Å². The first-order valence-corrected chi connectivity index (χ1v) is 4.89. The lowest BCUT2D eigenvalue weighted by atomic mass is 9.86. The van der Waals surface area contributed by atoms with Crippen molar-refractivity contribution in [1.29, 1.82) is 0 Å². The van der Waals surface area contributed by atoms with Crippen LogP contribution in [0.5, 0.6) is 0 Å². The molecule has 0 aromatic rings. The zero-order valence-corrected chi connectivity index (χ0v) is 8.56. The van der Waals surface area contributed by atoms with E-state index in [0.29, 0.717) is 6.32 Å². The maximum Gasteiger partial charge on any atom is 0.163 e. The van der Waals surface area contributed by atoms with Gasteiger partial charge in [0.1, 0.15) is 12.2 Å². The molecule has 1 heterocycles. The molecule has 0 bridgehead atoms. The molecule has 1 aliphatic heterocycles. The van der Waals surface area contributed by atoms with E-state index in [4.69, 9.17) is 17.3 Å². The predicted octanol–water partition coefficient (Wildman–Crippen LogP) is 0.640. The minimum atomic E-state index is -0.643. The molecule has 14 heavy (non-hydrogen) atoms. The average molecular weight is 194 g/mol. The summed E-state index contributed by atoms with van der Waals surface area (Å²) in [6, 6.07) is 0. The number of aliphatic hydroxyl groups is 1. The molecule has 2 fully saturated rings. The van der Waals surface area contributed by atoms with Gasteiger partial charge in [-0.3, -0.25) is 0 Å². The fourth-order valence-corrected chi connectivity index (χ4v) is 2.30. The Morgan fingerprint density at radius 2 is 2.00 bits per heavy atom. The minimum Gasteiger partial charge on any atom is -0.386 e. The molecule has 1 saturated carbocycles. The third kappa shape index (κ3) is 1.33. The predicted molar refractivity (Wildman–Crippen MR) is 53.0 cm³/mol. The molecule has 3 nitrogen and oxygen atoms in total. The van der Waals surface area contributed by atoms with Crippen molar-refractivity contribution < 1.29 is 14.6 Å². The Bertz CT molecular complexity index is 264. The van der Waals surface area contributed by atoms with Gasteiger partial charge in [-0.15, -0.1) is 0 Å². The maximum absolute atomic E-state index is 9.84. The van der Waals surface area contributed by atoms with Gasteiger partial charge in [-0.1, -0.05) is 12.9 Å². The van der Waals surface area contributed by atoms with E-state index in [0.717, 1.165) is 5.57 Å². The molecule has 0 spiro atoms. The summed E-state index contributed by atoms with van der Waals surface area (Å²) in [5.41, 5.74) is 0.734. The molecular formula is C10H15BO3. The van der Waals surface area contributed by atoms with Crippen LogP contribution < -0.4 is 0 Å². The van der Waals surface area contributed by atoms with Crippen molar-refractivity contribution in [3.05, 3.63) is 12.2 Å². The third-order valence-electron chi connectivity index (χ3n) is 2.98. The van der Waals surface area contributed by atoms with Crippen LogP contribution in [0.1, 0.15) is 13.8 Å². The molecule has 1 aliphatic carbocycles. The Morgan fingerprint density at radius 1 is 1.43 bits per heavy atom. The first kappa shape index (κ1) is 10.2. The van der Waals surface area contributed by atoms with E-state index in [2.05, 4.69) is 6.58 Å². The normalized spacial score (nSPS) is 45.5. The summed E-state index contributed by atoms with van der Waals surface area (Å²) in [5.74, 6) is -0.610. The summed E-state index contributed by atoms with van der Waals surface area (Å²) < 4.78 is 11.3. The Kier molecular flexibility index (Phi) is 2.25. The molecule has 4 atom stereocenters. The van der Waals surface area contributed by atoms with Crippen molar-refractivity contribution in [2.75, 3.05) is 0 Å². The first-order valence-electron chi connectivity index (χ1n) is 4.89. The van der Waals surface area contributed by atoms with Crippen LogP contribution in [0.2, 0.25) is 6.32 Å². The molecule has 2 aliphatic rings. The van der Waals surface area contributed by atoms with Crippen molar-refractivity contribution in [2.24, 2.45) is 5.92 Å². The fourth-order valence-electron chi connectivity index (χ4n) is 2.30. The molecular weight excluding hydrogens is 179 g/mol. The van der Waals surface area contributed by atoms with E-state index in [-0.39, 0.29) is 18.1 Å². The van der Waals surface area contributed by atoms with Gasteiger partial charge in [-0.2, -0.15) is 0 Å². The van der Waals surface area contributed by atoms with Gasteiger partial charge in [0.2, 0.25) is 0 Å². The minimum absolute atomic E-state index is 0.0109. The fraction of sp³-hybridized carbons (Fsp3) is 0.800. The summed E-state index contributed by atoms with van der Waals surface area (Å²) in [5, 5.41) is 9.84. The van der Waals surface area contributed by atoms with Crippen LogP contribution in [0.25, 0.3) is 0 Å². The van der Waals surface area contributed by atoms with Crippen LogP contribution in [0.15, 0.2) is 12.2 Å². The van der Waals surface area contributed by atoms with Crippen molar-refractivity contribution in [2.45, 2.75) is 44.3 Å². The number of fused-ring (bicyclic) bond motifs is 1. The van der Waals surface area contributed by atoms with Gasteiger partial charge in [0.25, 0.3) is 0 Å². The lowest BCUT2D eigenvalue weighted by molar-refractivity contribution is -0.160. The molecule has 0 aromatic carbocycles. The van der Waals surface area contributed by atoms with Gasteiger partial charge in [0.05, 0.1) is 14.0 Å². The molecule has 2 rings (SSSR count). The molecule has 1 N–H and O–H groups in total. The zero-order valence-electron chi connectivity index (χ0n) is 8.56. The quantitative estimate of drug-likeness (QED) is 0.491. The molecule has 0 aromatic heterocycles. The molecule has 1 saturated heterocycles. The van der Waals surface area contributed by atoms with Crippen LogP contribution >= 0.6 is 0 Å².